The number of aromatic amines is 1. The molecule has 4 N–H and O–H groups in total. The molecule has 7 nitrogen and oxygen atoms in total. The number of hydrogen-bond acceptors (Lipinski definition) is 5. The Morgan fingerprint density at radius 3 is 2.78 bits per heavy atom. The van der Waals surface area contributed by atoms with Gasteiger partial charge in [0.2, 0.25) is 5.91 Å². The summed E-state index contributed by atoms with van der Waals surface area (Å²) in [6.45, 7) is -0.176. The second kappa shape index (κ2) is 7.65. The molecule has 138 valence electrons. The predicted octanol–water partition coefficient (Wildman–Crippen LogP) is 2.60. The van der Waals surface area contributed by atoms with Gasteiger partial charge in [0.1, 0.15) is 5.75 Å². The van der Waals surface area contributed by atoms with Gasteiger partial charge in [-0.15, -0.1) is 0 Å². The lowest BCUT2D eigenvalue weighted by atomic mass is 10.1. The van der Waals surface area contributed by atoms with E-state index in [1.807, 2.05) is 0 Å². The normalized spacial score (nSPS) is 11.0. The molecule has 0 saturated carbocycles. The standard InChI is InChI=1S/C20H18N2O5/c1-27-19-8-12(2-6-17(19)24)3-7-20(26)22-11-18(25)15-10-21-16-5-4-13(23)9-14(15)16/h2-10,21,23-24H,11H2,1H3,(H,22,26). The Bertz CT molecular complexity index is 1040. The van der Waals surface area contributed by atoms with E-state index in [9.17, 15) is 19.8 Å². The Morgan fingerprint density at radius 2 is 2.00 bits per heavy atom. The molecule has 0 spiro atoms. The van der Waals surface area contributed by atoms with Crippen LogP contribution in [0.3, 0.4) is 0 Å². The third-order valence-electron chi connectivity index (χ3n) is 4.02. The zero-order valence-electron chi connectivity index (χ0n) is 14.5. The van der Waals surface area contributed by atoms with Crippen molar-refractivity contribution in [3.63, 3.8) is 0 Å². The number of carbonyl (C=O) groups excluding carboxylic acids is 2. The Morgan fingerprint density at radius 1 is 1.19 bits per heavy atom. The molecule has 0 atom stereocenters. The van der Waals surface area contributed by atoms with Crippen molar-refractivity contribution in [3.05, 3.63) is 59.8 Å². The average Bonchev–Trinajstić information content (AvgIpc) is 3.08. The summed E-state index contributed by atoms with van der Waals surface area (Å²) in [7, 11) is 1.44. The van der Waals surface area contributed by atoms with Gasteiger partial charge in [0.05, 0.1) is 13.7 Å². The molecule has 0 radical (unpaired) electrons. The van der Waals surface area contributed by atoms with Crippen LogP contribution in [-0.4, -0.2) is 40.5 Å². The highest BCUT2D eigenvalue weighted by atomic mass is 16.5. The molecule has 3 aromatic rings. The van der Waals surface area contributed by atoms with E-state index in [1.165, 1.54) is 31.4 Å². The van der Waals surface area contributed by atoms with Crippen molar-refractivity contribution in [2.75, 3.05) is 13.7 Å². The van der Waals surface area contributed by atoms with Gasteiger partial charge < -0.3 is 25.3 Å². The van der Waals surface area contributed by atoms with Crippen molar-refractivity contribution in [2.45, 2.75) is 0 Å². The summed E-state index contributed by atoms with van der Waals surface area (Å²) in [5, 5.41) is 22.3. The molecule has 0 fully saturated rings. The van der Waals surface area contributed by atoms with E-state index in [1.54, 1.807) is 30.5 Å². The minimum absolute atomic E-state index is 0.00876. The van der Waals surface area contributed by atoms with E-state index in [4.69, 9.17) is 4.74 Å². The summed E-state index contributed by atoms with van der Waals surface area (Å²) in [6, 6.07) is 9.38. The number of hydrogen-bond donors (Lipinski definition) is 4. The number of aromatic nitrogens is 1. The summed E-state index contributed by atoms with van der Waals surface area (Å²) >= 11 is 0. The van der Waals surface area contributed by atoms with E-state index in [0.29, 0.717) is 22.3 Å². The molecule has 0 bridgehead atoms. The maximum atomic E-state index is 12.3. The molecule has 0 unspecified atom stereocenters. The van der Waals surface area contributed by atoms with Crippen LogP contribution in [0.2, 0.25) is 0 Å². The van der Waals surface area contributed by atoms with E-state index in [2.05, 4.69) is 10.3 Å². The van der Waals surface area contributed by atoms with Crippen LogP contribution in [0.15, 0.2) is 48.7 Å². The third kappa shape index (κ3) is 4.09. The fourth-order valence-corrected chi connectivity index (χ4v) is 2.63. The second-order valence-corrected chi connectivity index (χ2v) is 5.84. The van der Waals surface area contributed by atoms with Gasteiger partial charge in [-0.3, -0.25) is 9.59 Å². The largest absolute Gasteiger partial charge is 0.508 e. The first-order valence-electron chi connectivity index (χ1n) is 8.14. The van der Waals surface area contributed by atoms with Crippen molar-refractivity contribution in [3.8, 4) is 17.2 Å². The van der Waals surface area contributed by atoms with Crippen LogP contribution in [-0.2, 0) is 4.79 Å². The number of benzene rings is 2. The minimum Gasteiger partial charge on any atom is -0.508 e. The SMILES string of the molecule is COc1cc(C=CC(=O)NCC(=O)c2c[nH]c3ccc(O)cc23)ccc1O. The first-order valence-corrected chi connectivity index (χ1v) is 8.14. The molecule has 0 aliphatic rings. The number of nitrogens with one attached hydrogen (secondary N) is 2. The topological polar surface area (TPSA) is 112 Å². The van der Waals surface area contributed by atoms with Crippen molar-refractivity contribution in [1.29, 1.82) is 0 Å². The quantitative estimate of drug-likeness (QED) is 0.396. The summed E-state index contributed by atoms with van der Waals surface area (Å²) in [6.07, 6.45) is 4.39. The number of methoxy groups -OCH3 is 1. The predicted molar refractivity (Wildman–Crippen MR) is 101 cm³/mol. The average molecular weight is 366 g/mol. The summed E-state index contributed by atoms with van der Waals surface area (Å²) in [5.41, 5.74) is 1.79. The second-order valence-electron chi connectivity index (χ2n) is 5.84. The number of H-pyrrole nitrogens is 1. The fourth-order valence-electron chi connectivity index (χ4n) is 2.63. The molecular weight excluding hydrogens is 348 g/mol. The molecule has 27 heavy (non-hydrogen) atoms. The van der Waals surface area contributed by atoms with Gasteiger partial charge in [-0.25, -0.2) is 0 Å². The summed E-state index contributed by atoms with van der Waals surface area (Å²) in [5.74, 6) is -0.338. The number of rotatable bonds is 6. The van der Waals surface area contributed by atoms with Crippen LogP contribution in [0, 0.1) is 0 Å². The van der Waals surface area contributed by atoms with Crippen LogP contribution in [0.5, 0.6) is 17.2 Å². The van der Waals surface area contributed by atoms with Crippen LogP contribution in [0.1, 0.15) is 15.9 Å². The van der Waals surface area contributed by atoms with Crippen molar-refractivity contribution in [1.82, 2.24) is 10.3 Å². The molecule has 0 aliphatic heterocycles. The van der Waals surface area contributed by atoms with Gasteiger partial charge in [-0.1, -0.05) is 6.07 Å². The van der Waals surface area contributed by atoms with Gasteiger partial charge in [-0.05, 0) is 42.0 Å². The van der Waals surface area contributed by atoms with E-state index >= 15 is 0 Å². The van der Waals surface area contributed by atoms with E-state index in [0.717, 1.165) is 5.52 Å². The molecule has 0 aliphatic carbocycles. The van der Waals surface area contributed by atoms with E-state index in [-0.39, 0.29) is 23.8 Å². The number of ketones is 1. The molecule has 1 amide bonds. The smallest absolute Gasteiger partial charge is 0.244 e. The summed E-state index contributed by atoms with van der Waals surface area (Å²) in [4.78, 5) is 27.3. The fraction of sp³-hybridized carbons (Fsp3) is 0.100. The molecule has 3 rings (SSSR count). The van der Waals surface area contributed by atoms with E-state index < -0.39 is 5.91 Å². The van der Waals surface area contributed by atoms with Gasteiger partial charge in [0.15, 0.2) is 17.3 Å². The van der Waals surface area contributed by atoms with Crippen LogP contribution >= 0.6 is 0 Å². The Balaban J connectivity index is 1.63. The Labute approximate surface area is 154 Å². The maximum Gasteiger partial charge on any atom is 0.244 e. The first-order chi connectivity index (χ1) is 13.0. The van der Waals surface area contributed by atoms with Crippen molar-refractivity contribution < 1.29 is 24.5 Å². The summed E-state index contributed by atoms with van der Waals surface area (Å²) < 4.78 is 5.01. The lowest BCUT2D eigenvalue weighted by Gasteiger charge is -2.04. The zero-order chi connectivity index (χ0) is 19.4. The van der Waals surface area contributed by atoms with Crippen LogP contribution < -0.4 is 10.1 Å². The minimum atomic E-state index is -0.432. The number of ether oxygens (including phenoxy) is 1. The number of Topliss-reactive ketones (excluding diaryl/α,β-unsaturated/α-hetero) is 1. The lowest BCUT2D eigenvalue weighted by molar-refractivity contribution is -0.116. The molecule has 1 aromatic heterocycles. The molecule has 0 saturated heterocycles. The van der Waals surface area contributed by atoms with Gasteiger partial charge in [0.25, 0.3) is 0 Å². The Hall–Kier alpha value is -3.74. The highest BCUT2D eigenvalue weighted by molar-refractivity contribution is 6.10. The molecule has 1 heterocycles. The van der Waals surface area contributed by atoms with Gasteiger partial charge in [-0.2, -0.15) is 0 Å². The number of aromatic hydroxyl groups is 2. The van der Waals surface area contributed by atoms with Gasteiger partial charge in [0, 0.05) is 28.7 Å². The number of amides is 1. The maximum absolute atomic E-state index is 12.3. The third-order valence-corrected chi connectivity index (χ3v) is 4.02. The number of phenols is 2. The lowest BCUT2D eigenvalue weighted by Crippen LogP contribution is -2.27. The zero-order valence-corrected chi connectivity index (χ0v) is 14.5. The highest BCUT2D eigenvalue weighted by Crippen LogP contribution is 2.26. The first kappa shape index (κ1) is 18.1. The number of carbonyl (C=O) groups is 2. The highest BCUT2D eigenvalue weighted by Gasteiger charge is 2.13. The van der Waals surface area contributed by atoms with Crippen LogP contribution in [0.25, 0.3) is 17.0 Å². The van der Waals surface area contributed by atoms with Crippen molar-refractivity contribution >= 4 is 28.7 Å². The number of phenolic OH excluding ortho intramolecular Hbond substituents is 2. The van der Waals surface area contributed by atoms with Crippen molar-refractivity contribution in [2.24, 2.45) is 0 Å². The number of fused-ring (bicyclic) bond motifs is 1. The molecule has 7 heteroatoms. The Kier molecular flexibility index (Phi) is 5.12. The monoisotopic (exact) mass is 366 g/mol. The molecular formula is C20H18N2O5. The molecule has 2 aromatic carbocycles. The van der Waals surface area contributed by atoms with Gasteiger partial charge >= 0.3 is 0 Å². The van der Waals surface area contributed by atoms with Crippen LogP contribution in [0.4, 0.5) is 0 Å².